The van der Waals surface area contributed by atoms with Crippen molar-refractivity contribution in [1.29, 1.82) is 0 Å². The summed E-state index contributed by atoms with van der Waals surface area (Å²) in [4.78, 5) is 0. The van der Waals surface area contributed by atoms with Gasteiger partial charge < -0.3 is 10.1 Å². The Morgan fingerprint density at radius 1 is 1.33 bits per heavy atom. The summed E-state index contributed by atoms with van der Waals surface area (Å²) in [6.45, 7) is 3.39. The van der Waals surface area contributed by atoms with Crippen molar-refractivity contribution < 1.29 is 10.1 Å². The van der Waals surface area contributed by atoms with Gasteiger partial charge in [0.25, 0.3) is 0 Å². The van der Waals surface area contributed by atoms with Crippen LogP contribution in [0.15, 0.2) is 18.2 Å². The van der Waals surface area contributed by atoms with Gasteiger partial charge >= 0.3 is 0 Å². The zero-order chi connectivity index (χ0) is 13.0. The maximum absolute atomic E-state index is 6.14. The topological polar surface area (TPSA) is 25.8 Å². The molecular formula is C15H23ClNO+. The first-order chi connectivity index (χ1) is 8.70. The average molecular weight is 269 g/mol. The Balaban J connectivity index is 1.91. The first-order valence-corrected chi connectivity index (χ1v) is 7.24. The molecule has 1 aromatic carbocycles. The number of quaternary nitrogens is 1. The summed E-state index contributed by atoms with van der Waals surface area (Å²) in [5, 5.41) is 3.18. The molecule has 3 heteroatoms. The van der Waals surface area contributed by atoms with Gasteiger partial charge in [0.15, 0.2) is 0 Å². The Morgan fingerprint density at radius 3 is 2.78 bits per heavy atom. The van der Waals surface area contributed by atoms with E-state index in [9.17, 15) is 0 Å². The number of rotatable bonds is 4. The van der Waals surface area contributed by atoms with E-state index in [1.54, 1.807) is 7.11 Å². The largest absolute Gasteiger partial charge is 0.495 e. The fourth-order valence-electron chi connectivity index (χ4n) is 2.82. The minimum atomic E-state index is 0.708. The predicted molar refractivity (Wildman–Crippen MR) is 75.1 cm³/mol. The van der Waals surface area contributed by atoms with Crippen LogP contribution in [0.2, 0.25) is 5.02 Å². The van der Waals surface area contributed by atoms with E-state index in [0.717, 1.165) is 24.3 Å². The van der Waals surface area contributed by atoms with E-state index in [2.05, 4.69) is 18.3 Å². The third kappa shape index (κ3) is 3.39. The molecular weight excluding hydrogens is 246 g/mol. The summed E-state index contributed by atoms with van der Waals surface area (Å²) in [5.41, 5.74) is 1.28. The van der Waals surface area contributed by atoms with E-state index in [1.807, 2.05) is 12.1 Å². The summed E-state index contributed by atoms with van der Waals surface area (Å²) in [6.07, 6.45) is 5.52. The van der Waals surface area contributed by atoms with Gasteiger partial charge in [-0.3, -0.25) is 0 Å². The highest BCUT2D eigenvalue weighted by molar-refractivity contribution is 6.32. The van der Waals surface area contributed by atoms with Crippen LogP contribution in [0.4, 0.5) is 0 Å². The van der Waals surface area contributed by atoms with E-state index in [-0.39, 0.29) is 0 Å². The summed E-state index contributed by atoms with van der Waals surface area (Å²) in [7, 11) is 1.65. The molecule has 0 heterocycles. The van der Waals surface area contributed by atoms with E-state index in [4.69, 9.17) is 16.3 Å². The summed E-state index contributed by atoms with van der Waals surface area (Å²) < 4.78 is 5.17. The van der Waals surface area contributed by atoms with Gasteiger partial charge in [0, 0.05) is 11.5 Å². The third-order valence-electron chi connectivity index (χ3n) is 4.05. The Hall–Kier alpha value is -0.730. The standard InChI is InChI=1S/C15H22ClNO/c1-11-5-3-4-6-14(11)17-10-12-7-8-15(18-2)13(16)9-12/h7-9,11,14,17H,3-6,10H2,1-2H3/p+1/t11-,14+/m1/s1. The lowest BCUT2D eigenvalue weighted by atomic mass is 9.86. The van der Waals surface area contributed by atoms with Crippen molar-refractivity contribution in [3.8, 4) is 5.75 Å². The molecule has 0 bridgehead atoms. The predicted octanol–water partition coefficient (Wildman–Crippen LogP) is 2.99. The minimum absolute atomic E-state index is 0.708. The highest BCUT2D eigenvalue weighted by Crippen LogP contribution is 2.25. The van der Waals surface area contributed by atoms with Crippen molar-refractivity contribution >= 4 is 11.6 Å². The highest BCUT2D eigenvalue weighted by atomic mass is 35.5. The fourth-order valence-corrected chi connectivity index (χ4v) is 3.10. The molecule has 2 N–H and O–H groups in total. The van der Waals surface area contributed by atoms with Crippen LogP contribution in [0.3, 0.4) is 0 Å². The molecule has 0 aromatic heterocycles. The zero-order valence-electron chi connectivity index (χ0n) is 11.3. The van der Waals surface area contributed by atoms with Crippen LogP contribution in [0.25, 0.3) is 0 Å². The van der Waals surface area contributed by atoms with Crippen molar-refractivity contribution in [3.63, 3.8) is 0 Å². The van der Waals surface area contributed by atoms with Crippen molar-refractivity contribution in [1.82, 2.24) is 0 Å². The molecule has 100 valence electrons. The molecule has 0 unspecified atom stereocenters. The molecule has 1 saturated carbocycles. The maximum atomic E-state index is 6.14. The van der Waals surface area contributed by atoms with Gasteiger partial charge in [-0.05, 0) is 37.5 Å². The molecule has 2 nitrogen and oxygen atoms in total. The Labute approximate surface area is 115 Å². The van der Waals surface area contributed by atoms with E-state index < -0.39 is 0 Å². The van der Waals surface area contributed by atoms with Crippen LogP contribution in [-0.4, -0.2) is 13.2 Å². The average Bonchev–Trinajstić information content (AvgIpc) is 2.38. The van der Waals surface area contributed by atoms with Gasteiger partial charge in [0.2, 0.25) is 0 Å². The molecule has 0 saturated heterocycles. The second-order valence-corrected chi connectivity index (χ2v) is 5.74. The first-order valence-electron chi connectivity index (χ1n) is 6.86. The van der Waals surface area contributed by atoms with Crippen molar-refractivity contribution in [3.05, 3.63) is 28.8 Å². The summed E-state index contributed by atoms with van der Waals surface area (Å²) >= 11 is 6.14. The smallest absolute Gasteiger partial charge is 0.137 e. The van der Waals surface area contributed by atoms with Gasteiger partial charge in [-0.2, -0.15) is 0 Å². The maximum Gasteiger partial charge on any atom is 0.137 e. The molecule has 18 heavy (non-hydrogen) atoms. The second kappa shape index (κ2) is 6.44. The van der Waals surface area contributed by atoms with Gasteiger partial charge in [-0.1, -0.05) is 24.9 Å². The fraction of sp³-hybridized carbons (Fsp3) is 0.600. The van der Waals surface area contributed by atoms with Crippen LogP contribution in [0.5, 0.6) is 5.75 Å². The molecule has 0 amide bonds. The van der Waals surface area contributed by atoms with E-state index >= 15 is 0 Å². The number of methoxy groups -OCH3 is 1. The summed E-state index contributed by atoms with van der Waals surface area (Å²) in [6, 6.07) is 6.86. The lowest BCUT2D eigenvalue weighted by Crippen LogP contribution is -2.90. The van der Waals surface area contributed by atoms with Crippen molar-refractivity contribution in [2.45, 2.75) is 45.2 Å². The number of hydrogen-bond acceptors (Lipinski definition) is 1. The Morgan fingerprint density at radius 2 is 2.11 bits per heavy atom. The lowest BCUT2D eigenvalue weighted by molar-refractivity contribution is -0.712. The van der Waals surface area contributed by atoms with Crippen LogP contribution < -0.4 is 10.1 Å². The third-order valence-corrected chi connectivity index (χ3v) is 4.35. The van der Waals surface area contributed by atoms with Crippen LogP contribution >= 0.6 is 11.6 Å². The van der Waals surface area contributed by atoms with E-state index in [1.165, 1.54) is 31.2 Å². The second-order valence-electron chi connectivity index (χ2n) is 5.33. The first kappa shape index (κ1) is 13.7. The normalized spacial score (nSPS) is 23.9. The Kier molecular flexibility index (Phi) is 4.90. The molecule has 1 aliphatic carbocycles. The van der Waals surface area contributed by atoms with Crippen LogP contribution in [0.1, 0.15) is 38.2 Å². The molecule has 0 spiro atoms. The minimum Gasteiger partial charge on any atom is -0.495 e. The van der Waals surface area contributed by atoms with Crippen LogP contribution in [-0.2, 0) is 6.54 Å². The van der Waals surface area contributed by atoms with Crippen molar-refractivity contribution in [2.75, 3.05) is 7.11 Å². The van der Waals surface area contributed by atoms with Gasteiger partial charge in [-0.15, -0.1) is 0 Å². The number of halogens is 1. The monoisotopic (exact) mass is 268 g/mol. The molecule has 0 aliphatic heterocycles. The SMILES string of the molecule is COc1ccc(C[NH2+][C@H]2CCCC[C@H]2C)cc1Cl. The molecule has 0 radical (unpaired) electrons. The van der Waals surface area contributed by atoms with Crippen molar-refractivity contribution in [2.24, 2.45) is 5.92 Å². The summed E-state index contributed by atoms with van der Waals surface area (Å²) in [5.74, 6) is 1.60. The van der Waals surface area contributed by atoms with Gasteiger partial charge in [0.05, 0.1) is 18.2 Å². The number of ether oxygens (including phenoxy) is 1. The van der Waals surface area contributed by atoms with E-state index in [0.29, 0.717) is 5.02 Å². The van der Waals surface area contributed by atoms with Crippen LogP contribution in [0, 0.1) is 5.92 Å². The number of nitrogens with two attached hydrogens (primary N) is 1. The quantitative estimate of drug-likeness (QED) is 0.893. The number of benzene rings is 1. The molecule has 2 rings (SSSR count). The zero-order valence-corrected chi connectivity index (χ0v) is 12.0. The van der Waals surface area contributed by atoms with Gasteiger partial charge in [-0.25, -0.2) is 0 Å². The molecule has 2 atom stereocenters. The van der Waals surface area contributed by atoms with Gasteiger partial charge in [0.1, 0.15) is 12.3 Å². The lowest BCUT2D eigenvalue weighted by Gasteiger charge is -2.26. The number of hydrogen-bond donors (Lipinski definition) is 1. The molecule has 1 aliphatic rings. The molecule has 1 aromatic rings. The molecule has 1 fully saturated rings. The highest BCUT2D eigenvalue weighted by Gasteiger charge is 2.23. The Bertz CT molecular complexity index is 394.